The average Bonchev–Trinajstić information content (AvgIpc) is 3.39. The van der Waals surface area contributed by atoms with Crippen molar-refractivity contribution in [1.82, 2.24) is 5.32 Å². The highest BCUT2D eigenvalue weighted by Crippen LogP contribution is 2.44. The third-order valence-corrected chi connectivity index (χ3v) is 5.81. The van der Waals surface area contributed by atoms with Gasteiger partial charge in [-0.15, -0.1) is 0 Å². The zero-order valence-corrected chi connectivity index (χ0v) is 17.1. The number of ether oxygens (including phenoxy) is 3. The van der Waals surface area contributed by atoms with E-state index >= 15 is 0 Å². The lowest BCUT2D eigenvalue weighted by molar-refractivity contribution is -0.137. The molecule has 2 aliphatic rings. The highest BCUT2D eigenvalue weighted by atomic mass is 16.7. The molecule has 0 saturated carbocycles. The van der Waals surface area contributed by atoms with E-state index in [4.69, 9.17) is 14.2 Å². The summed E-state index contributed by atoms with van der Waals surface area (Å²) in [7, 11) is 0. The Balaban J connectivity index is 1.31. The van der Waals surface area contributed by atoms with Crippen LogP contribution in [0.1, 0.15) is 35.1 Å². The predicted molar refractivity (Wildman–Crippen MR) is 116 cm³/mol. The van der Waals surface area contributed by atoms with Crippen LogP contribution >= 0.6 is 0 Å². The first kappa shape index (κ1) is 19.9. The van der Waals surface area contributed by atoms with E-state index in [0.717, 1.165) is 22.3 Å². The second-order valence-corrected chi connectivity index (χ2v) is 7.73. The van der Waals surface area contributed by atoms with Gasteiger partial charge < -0.3 is 24.6 Å². The maximum Gasteiger partial charge on any atom is 0.407 e. The van der Waals surface area contributed by atoms with Crippen molar-refractivity contribution in [1.29, 1.82) is 0 Å². The number of nitrogens with one attached hydrogen (secondary N) is 1. The number of rotatable bonds is 6. The number of alkyl carbamates (subject to hydrolysis) is 1. The van der Waals surface area contributed by atoms with Gasteiger partial charge >= 0.3 is 12.1 Å². The molecule has 7 nitrogen and oxygen atoms in total. The molecule has 0 spiro atoms. The van der Waals surface area contributed by atoms with Crippen molar-refractivity contribution in [2.75, 3.05) is 13.4 Å². The summed E-state index contributed by atoms with van der Waals surface area (Å²) in [4.78, 5) is 24.0. The molecular formula is C25H21NO6. The van der Waals surface area contributed by atoms with Crippen molar-refractivity contribution >= 4 is 12.1 Å². The van der Waals surface area contributed by atoms with Crippen LogP contribution in [0.25, 0.3) is 11.1 Å². The maximum absolute atomic E-state index is 12.6. The lowest BCUT2D eigenvalue weighted by Crippen LogP contribution is -2.31. The monoisotopic (exact) mass is 431 g/mol. The molecule has 1 atom stereocenters. The van der Waals surface area contributed by atoms with Crippen molar-refractivity contribution < 1.29 is 28.9 Å². The van der Waals surface area contributed by atoms with Gasteiger partial charge in [0.15, 0.2) is 11.5 Å². The van der Waals surface area contributed by atoms with Gasteiger partial charge in [0, 0.05) is 5.92 Å². The fourth-order valence-electron chi connectivity index (χ4n) is 4.34. The second kappa shape index (κ2) is 8.26. The van der Waals surface area contributed by atoms with Crippen molar-refractivity contribution in [3.8, 4) is 22.6 Å². The lowest BCUT2D eigenvalue weighted by Gasteiger charge is -2.19. The van der Waals surface area contributed by atoms with Gasteiger partial charge in [-0.1, -0.05) is 54.6 Å². The fourth-order valence-corrected chi connectivity index (χ4v) is 4.34. The van der Waals surface area contributed by atoms with Crippen LogP contribution in [0.5, 0.6) is 11.5 Å². The van der Waals surface area contributed by atoms with E-state index in [9.17, 15) is 14.7 Å². The molecule has 0 saturated heterocycles. The van der Waals surface area contributed by atoms with E-state index < -0.39 is 18.1 Å². The minimum atomic E-state index is -1.04. The minimum Gasteiger partial charge on any atom is -0.481 e. The normalized spacial score (nSPS) is 14.4. The number of hydrogen-bond acceptors (Lipinski definition) is 5. The van der Waals surface area contributed by atoms with E-state index in [0.29, 0.717) is 17.1 Å². The summed E-state index contributed by atoms with van der Waals surface area (Å²) in [5.74, 6) is -0.000534. The lowest BCUT2D eigenvalue weighted by atomic mass is 9.98. The van der Waals surface area contributed by atoms with Gasteiger partial charge in [-0.25, -0.2) is 4.79 Å². The molecule has 5 rings (SSSR count). The van der Waals surface area contributed by atoms with Crippen molar-refractivity contribution in [3.63, 3.8) is 0 Å². The van der Waals surface area contributed by atoms with Gasteiger partial charge in [0.25, 0.3) is 0 Å². The molecular weight excluding hydrogens is 410 g/mol. The molecule has 1 amide bonds. The molecule has 3 aromatic rings. The van der Waals surface area contributed by atoms with E-state index in [2.05, 4.69) is 17.4 Å². The van der Waals surface area contributed by atoms with Gasteiger partial charge in [0.05, 0.1) is 12.5 Å². The van der Waals surface area contributed by atoms with Gasteiger partial charge in [0.1, 0.15) is 6.61 Å². The predicted octanol–water partition coefficient (Wildman–Crippen LogP) is 4.47. The van der Waals surface area contributed by atoms with E-state index in [1.807, 2.05) is 36.4 Å². The molecule has 1 heterocycles. The zero-order chi connectivity index (χ0) is 22.1. The Morgan fingerprint density at radius 1 is 0.969 bits per heavy atom. The number of amides is 1. The number of carboxylic acid groups (broad SMARTS) is 1. The summed E-state index contributed by atoms with van der Waals surface area (Å²) in [6.07, 6.45) is -0.958. The molecule has 0 bridgehead atoms. The molecule has 7 heteroatoms. The summed E-state index contributed by atoms with van der Waals surface area (Å²) in [5.41, 5.74) is 5.10. The van der Waals surface area contributed by atoms with E-state index in [-0.39, 0.29) is 25.7 Å². The fraction of sp³-hybridized carbons (Fsp3) is 0.200. The summed E-state index contributed by atoms with van der Waals surface area (Å²) >= 11 is 0. The van der Waals surface area contributed by atoms with Crippen molar-refractivity contribution in [3.05, 3.63) is 83.4 Å². The van der Waals surface area contributed by atoms with Gasteiger partial charge in [-0.2, -0.15) is 0 Å². The Kier molecular flexibility index (Phi) is 5.15. The van der Waals surface area contributed by atoms with Gasteiger partial charge in [-0.05, 0) is 39.9 Å². The Bertz CT molecular complexity index is 1150. The molecule has 0 unspecified atom stereocenters. The smallest absolute Gasteiger partial charge is 0.407 e. The van der Waals surface area contributed by atoms with E-state index in [1.54, 1.807) is 18.2 Å². The third kappa shape index (κ3) is 3.73. The van der Waals surface area contributed by atoms with Gasteiger partial charge in [0.2, 0.25) is 6.79 Å². The number of fused-ring (bicyclic) bond motifs is 4. The quantitative estimate of drug-likeness (QED) is 0.598. The Hall–Kier alpha value is -4.00. The molecule has 3 aromatic carbocycles. The molecule has 2 N–H and O–H groups in total. The van der Waals surface area contributed by atoms with Crippen LogP contribution in [0.2, 0.25) is 0 Å². The summed E-state index contributed by atoms with van der Waals surface area (Å²) in [5, 5.41) is 12.0. The molecule has 1 aliphatic heterocycles. The highest BCUT2D eigenvalue weighted by Gasteiger charge is 2.29. The molecule has 162 valence electrons. The van der Waals surface area contributed by atoms with Crippen LogP contribution in [-0.4, -0.2) is 30.6 Å². The van der Waals surface area contributed by atoms with Crippen LogP contribution in [-0.2, 0) is 9.53 Å². The summed E-state index contributed by atoms with van der Waals surface area (Å²) in [6, 6.07) is 20.5. The molecule has 0 radical (unpaired) electrons. The van der Waals surface area contributed by atoms with Crippen molar-refractivity contribution in [2.24, 2.45) is 0 Å². The Labute approximate surface area is 184 Å². The number of hydrogen-bond donors (Lipinski definition) is 2. The molecule has 1 aliphatic carbocycles. The number of aliphatic carboxylic acids is 1. The third-order valence-electron chi connectivity index (χ3n) is 5.81. The van der Waals surface area contributed by atoms with Crippen LogP contribution in [0, 0.1) is 0 Å². The van der Waals surface area contributed by atoms with Crippen LogP contribution in [0.15, 0.2) is 66.7 Å². The standard InChI is InChI=1S/C25H21NO6/c27-24(28)12-21(15-9-10-22-23(11-15)32-14-31-22)26-25(29)30-13-20-18-7-3-1-5-16(18)17-6-2-4-8-19(17)20/h1-11,20-21H,12-14H2,(H,26,29)(H,27,28)/t21-/m0/s1. The van der Waals surface area contributed by atoms with Crippen LogP contribution in [0.4, 0.5) is 4.79 Å². The summed E-state index contributed by atoms with van der Waals surface area (Å²) in [6.45, 7) is 0.267. The number of carbonyl (C=O) groups is 2. The van der Waals surface area contributed by atoms with Gasteiger partial charge in [-0.3, -0.25) is 4.79 Å². The molecule has 0 aromatic heterocycles. The van der Waals surface area contributed by atoms with Crippen LogP contribution in [0.3, 0.4) is 0 Å². The summed E-state index contributed by atoms with van der Waals surface area (Å²) < 4.78 is 16.2. The highest BCUT2D eigenvalue weighted by molar-refractivity contribution is 5.79. The largest absolute Gasteiger partial charge is 0.481 e. The van der Waals surface area contributed by atoms with Crippen molar-refractivity contribution in [2.45, 2.75) is 18.4 Å². The topological polar surface area (TPSA) is 94.1 Å². The van der Waals surface area contributed by atoms with E-state index in [1.165, 1.54) is 0 Å². The SMILES string of the molecule is O=C(O)C[C@H](NC(=O)OCC1c2ccccc2-c2ccccc21)c1ccc2c(c1)OCO2. The number of carboxylic acids is 1. The number of carbonyl (C=O) groups excluding carboxylic acids is 1. The maximum atomic E-state index is 12.6. The first-order valence-corrected chi connectivity index (χ1v) is 10.3. The average molecular weight is 431 g/mol. The first-order chi connectivity index (χ1) is 15.6. The first-order valence-electron chi connectivity index (χ1n) is 10.3. The Morgan fingerprint density at radius 2 is 1.62 bits per heavy atom. The number of benzene rings is 3. The molecule has 0 fully saturated rings. The Morgan fingerprint density at radius 3 is 2.31 bits per heavy atom. The molecule has 32 heavy (non-hydrogen) atoms. The second-order valence-electron chi connectivity index (χ2n) is 7.73. The minimum absolute atomic E-state index is 0.0726. The zero-order valence-electron chi connectivity index (χ0n) is 17.1. The van der Waals surface area contributed by atoms with Crippen LogP contribution < -0.4 is 14.8 Å².